The van der Waals surface area contributed by atoms with Gasteiger partial charge in [-0.05, 0) is 23.6 Å². The highest BCUT2D eigenvalue weighted by Gasteiger charge is 2.21. The molecule has 2 aromatic heterocycles. The van der Waals surface area contributed by atoms with E-state index in [-0.39, 0.29) is 0 Å². The van der Waals surface area contributed by atoms with E-state index < -0.39 is 0 Å². The number of aromatic amines is 1. The molecule has 6 heteroatoms. The Hall–Kier alpha value is -2.47. The van der Waals surface area contributed by atoms with Crippen LogP contribution in [0.15, 0.2) is 35.7 Å². The number of hydrogen-bond donors (Lipinski definition) is 2. The van der Waals surface area contributed by atoms with Crippen LogP contribution in [0.3, 0.4) is 0 Å². The Labute approximate surface area is 126 Å². The fourth-order valence-electron chi connectivity index (χ4n) is 2.30. The number of nitrogens with one attached hydrogen (secondary N) is 1. The molecule has 0 aliphatic rings. The monoisotopic (exact) mass is 301 g/mol. The van der Waals surface area contributed by atoms with Crippen molar-refractivity contribution in [1.29, 1.82) is 0 Å². The SMILES string of the molecule is COc1cccc(OC)c1-c1[nH]nc(N)c1-c1cccs1. The van der Waals surface area contributed by atoms with Crippen LogP contribution in [0, 0.1) is 0 Å². The Morgan fingerprint density at radius 3 is 2.33 bits per heavy atom. The molecule has 0 fully saturated rings. The Morgan fingerprint density at radius 2 is 1.76 bits per heavy atom. The third-order valence-electron chi connectivity index (χ3n) is 3.24. The standard InChI is InChI=1S/C15H15N3O2S/c1-19-9-5-3-6-10(20-2)12(9)14-13(15(16)18-17-14)11-7-4-8-21-11/h3-8H,1-2H3,(H3,16,17,18). The molecule has 0 aliphatic carbocycles. The van der Waals surface area contributed by atoms with Gasteiger partial charge in [-0.1, -0.05) is 12.1 Å². The molecule has 3 N–H and O–H groups in total. The van der Waals surface area contributed by atoms with Crippen molar-refractivity contribution in [3.8, 4) is 33.2 Å². The maximum absolute atomic E-state index is 6.04. The molecule has 0 saturated heterocycles. The summed E-state index contributed by atoms with van der Waals surface area (Å²) in [6.07, 6.45) is 0. The number of benzene rings is 1. The first kappa shape index (κ1) is 13.5. The van der Waals surface area contributed by atoms with E-state index in [2.05, 4.69) is 10.2 Å². The molecule has 1 aromatic carbocycles. The van der Waals surface area contributed by atoms with Gasteiger partial charge in [0.05, 0.1) is 31.0 Å². The van der Waals surface area contributed by atoms with Crippen molar-refractivity contribution < 1.29 is 9.47 Å². The lowest BCUT2D eigenvalue weighted by Gasteiger charge is -2.12. The van der Waals surface area contributed by atoms with Crippen molar-refractivity contribution in [2.75, 3.05) is 20.0 Å². The van der Waals surface area contributed by atoms with Crippen LogP contribution in [0.2, 0.25) is 0 Å². The van der Waals surface area contributed by atoms with Crippen LogP contribution in [0.25, 0.3) is 21.7 Å². The zero-order valence-electron chi connectivity index (χ0n) is 11.7. The number of thiophene rings is 1. The molecule has 108 valence electrons. The number of H-pyrrole nitrogens is 1. The molecular weight excluding hydrogens is 286 g/mol. The number of hydrogen-bond acceptors (Lipinski definition) is 5. The van der Waals surface area contributed by atoms with E-state index in [0.29, 0.717) is 17.3 Å². The van der Waals surface area contributed by atoms with Gasteiger partial charge in [-0.2, -0.15) is 5.10 Å². The maximum atomic E-state index is 6.04. The zero-order chi connectivity index (χ0) is 14.8. The average molecular weight is 301 g/mol. The summed E-state index contributed by atoms with van der Waals surface area (Å²) in [5.41, 5.74) is 8.51. The second-order valence-electron chi connectivity index (χ2n) is 4.37. The number of aromatic nitrogens is 2. The molecule has 21 heavy (non-hydrogen) atoms. The van der Waals surface area contributed by atoms with Crippen LogP contribution in [-0.2, 0) is 0 Å². The lowest BCUT2D eigenvalue weighted by Crippen LogP contribution is -1.94. The predicted molar refractivity (Wildman–Crippen MR) is 84.9 cm³/mol. The molecule has 0 amide bonds. The summed E-state index contributed by atoms with van der Waals surface area (Å²) in [4.78, 5) is 1.05. The smallest absolute Gasteiger partial charge is 0.154 e. The molecule has 5 nitrogen and oxygen atoms in total. The van der Waals surface area contributed by atoms with Crippen molar-refractivity contribution in [3.63, 3.8) is 0 Å². The van der Waals surface area contributed by atoms with Crippen LogP contribution >= 0.6 is 11.3 Å². The lowest BCUT2D eigenvalue weighted by molar-refractivity contribution is 0.397. The number of rotatable bonds is 4. The van der Waals surface area contributed by atoms with E-state index >= 15 is 0 Å². The second-order valence-corrected chi connectivity index (χ2v) is 5.32. The number of anilines is 1. The van der Waals surface area contributed by atoms with E-state index in [9.17, 15) is 0 Å². The second kappa shape index (κ2) is 5.49. The fourth-order valence-corrected chi connectivity index (χ4v) is 3.09. The van der Waals surface area contributed by atoms with Gasteiger partial charge in [0.1, 0.15) is 11.5 Å². The highest BCUT2D eigenvalue weighted by Crippen LogP contribution is 2.44. The third kappa shape index (κ3) is 2.23. The predicted octanol–water partition coefficient (Wildman–Crippen LogP) is 3.40. The molecule has 0 aliphatic heterocycles. The van der Waals surface area contributed by atoms with E-state index in [1.165, 1.54) is 0 Å². The Morgan fingerprint density at radius 1 is 1.05 bits per heavy atom. The first-order valence-corrected chi connectivity index (χ1v) is 7.23. The van der Waals surface area contributed by atoms with Crippen molar-refractivity contribution in [1.82, 2.24) is 10.2 Å². The zero-order valence-corrected chi connectivity index (χ0v) is 12.5. The minimum atomic E-state index is 0.459. The van der Waals surface area contributed by atoms with E-state index in [0.717, 1.165) is 21.7 Å². The van der Waals surface area contributed by atoms with Gasteiger partial charge in [-0.15, -0.1) is 11.3 Å². The summed E-state index contributed by atoms with van der Waals surface area (Å²) in [5, 5.41) is 9.15. The maximum Gasteiger partial charge on any atom is 0.154 e. The molecule has 0 bridgehead atoms. The van der Waals surface area contributed by atoms with Crippen LogP contribution in [0.4, 0.5) is 5.82 Å². The van der Waals surface area contributed by atoms with Crippen molar-refractivity contribution in [2.45, 2.75) is 0 Å². The largest absolute Gasteiger partial charge is 0.496 e. The number of ether oxygens (including phenoxy) is 2. The van der Waals surface area contributed by atoms with E-state index in [1.807, 2.05) is 35.7 Å². The third-order valence-corrected chi connectivity index (χ3v) is 4.13. The van der Waals surface area contributed by atoms with Gasteiger partial charge >= 0.3 is 0 Å². The highest BCUT2D eigenvalue weighted by molar-refractivity contribution is 7.13. The number of nitrogen functional groups attached to an aromatic ring is 1. The molecule has 3 aromatic rings. The molecule has 3 rings (SSSR count). The van der Waals surface area contributed by atoms with Gasteiger partial charge in [0.25, 0.3) is 0 Å². The minimum Gasteiger partial charge on any atom is -0.496 e. The number of nitrogens with two attached hydrogens (primary N) is 1. The van der Waals surface area contributed by atoms with E-state index in [1.54, 1.807) is 25.6 Å². The minimum absolute atomic E-state index is 0.459. The summed E-state index contributed by atoms with van der Waals surface area (Å²) < 4.78 is 10.9. The Kier molecular flexibility index (Phi) is 3.53. The van der Waals surface area contributed by atoms with Crippen molar-refractivity contribution in [3.05, 3.63) is 35.7 Å². The molecule has 0 saturated carbocycles. The molecule has 0 atom stereocenters. The molecule has 0 unspecified atom stereocenters. The highest BCUT2D eigenvalue weighted by atomic mass is 32.1. The molecular formula is C15H15N3O2S. The lowest BCUT2D eigenvalue weighted by atomic mass is 10.0. The molecule has 2 heterocycles. The molecule has 0 radical (unpaired) electrons. The summed E-state index contributed by atoms with van der Waals surface area (Å²) in [7, 11) is 3.26. The number of nitrogens with zero attached hydrogens (tertiary/aromatic N) is 1. The van der Waals surface area contributed by atoms with Gasteiger partial charge in [-0.3, -0.25) is 5.10 Å². The van der Waals surface area contributed by atoms with Crippen LogP contribution in [-0.4, -0.2) is 24.4 Å². The van der Waals surface area contributed by atoms with Gasteiger partial charge in [0.15, 0.2) is 5.82 Å². The van der Waals surface area contributed by atoms with Crippen LogP contribution in [0.1, 0.15) is 0 Å². The fraction of sp³-hybridized carbons (Fsp3) is 0.133. The van der Waals surface area contributed by atoms with Crippen molar-refractivity contribution in [2.24, 2.45) is 0 Å². The summed E-state index contributed by atoms with van der Waals surface area (Å²) in [6.45, 7) is 0. The van der Waals surface area contributed by atoms with Crippen LogP contribution in [0.5, 0.6) is 11.5 Å². The normalized spacial score (nSPS) is 10.6. The topological polar surface area (TPSA) is 73.2 Å². The first-order chi connectivity index (χ1) is 10.3. The van der Waals surface area contributed by atoms with Crippen LogP contribution < -0.4 is 15.2 Å². The average Bonchev–Trinajstić information content (AvgIpc) is 3.15. The number of methoxy groups -OCH3 is 2. The Bertz CT molecular complexity index is 728. The van der Waals surface area contributed by atoms with Gasteiger partial charge in [0.2, 0.25) is 0 Å². The summed E-state index contributed by atoms with van der Waals surface area (Å²) in [6, 6.07) is 9.64. The van der Waals surface area contributed by atoms with Gasteiger partial charge in [0, 0.05) is 4.88 Å². The molecule has 0 spiro atoms. The van der Waals surface area contributed by atoms with Crippen molar-refractivity contribution >= 4 is 17.2 Å². The summed E-state index contributed by atoms with van der Waals surface area (Å²) in [5.74, 6) is 1.87. The first-order valence-electron chi connectivity index (χ1n) is 6.35. The van der Waals surface area contributed by atoms with Gasteiger partial charge < -0.3 is 15.2 Å². The van der Waals surface area contributed by atoms with Gasteiger partial charge in [-0.25, -0.2) is 0 Å². The van der Waals surface area contributed by atoms with E-state index in [4.69, 9.17) is 15.2 Å². The quantitative estimate of drug-likeness (QED) is 0.774. The Balaban J connectivity index is 2.28. The summed E-state index contributed by atoms with van der Waals surface area (Å²) >= 11 is 1.61.